The molecule has 2 N–H and O–H groups in total. The minimum atomic E-state index is -0.835. The second-order valence-corrected chi connectivity index (χ2v) is 5.36. The lowest BCUT2D eigenvalue weighted by molar-refractivity contribution is 0.498. The van der Waals surface area contributed by atoms with Crippen LogP contribution in [0.25, 0.3) is 5.65 Å². The van der Waals surface area contributed by atoms with E-state index in [1.807, 2.05) is 28.8 Å². The van der Waals surface area contributed by atoms with Crippen molar-refractivity contribution in [3.05, 3.63) is 65.6 Å². The number of nitrogens with one attached hydrogen (secondary N) is 2. The van der Waals surface area contributed by atoms with Gasteiger partial charge in [-0.25, -0.2) is 8.78 Å². The molecule has 0 atom stereocenters. The molecule has 1 aromatic carbocycles. The van der Waals surface area contributed by atoms with E-state index in [0.29, 0.717) is 31.0 Å². The maximum Gasteiger partial charge on any atom is 0.191 e. The van der Waals surface area contributed by atoms with Crippen LogP contribution in [0.4, 0.5) is 8.78 Å². The molecule has 0 amide bonds. The van der Waals surface area contributed by atoms with Crippen molar-refractivity contribution < 1.29 is 8.78 Å². The Labute approximate surface area is 166 Å². The predicted octanol–water partition coefficient (Wildman–Crippen LogP) is 2.53. The molecular weight excluding hydrogens is 453 g/mol. The number of hydrogen-bond acceptors (Lipinski definition) is 3. The van der Waals surface area contributed by atoms with Gasteiger partial charge in [-0.3, -0.25) is 9.39 Å². The molecule has 0 aliphatic heterocycles. The van der Waals surface area contributed by atoms with Crippen molar-refractivity contribution in [3.63, 3.8) is 0 Å². The monoisotopic (exact) mass is 472 g/mol. The van der Waals surface area contributed by atoms with Gasteiger partial charge in [0.05, 0.1) is 6.54 Å². The SMILES string of the molecule is CN=C(NCCc1cccc(F)c1F)NCc1nnc2ccccn12.I. The van der Waals surface area contributed by atoms with E-state index in [-0.39, 0.29) is 24.0 Å². The Morgan fingerprint density at radius 1 is 1.12 bits per heavy atom. The van der Waals surface area contributed by atoms with Crippen molar-refractivity contribution in [2.24, 2.45) is 4.99 Å². The van der Waals surface area contributed by atoms with Crippen molar-refractivity contribution in [1.82, 2.24) is 25.2 Å². The van der Waals surface area contributed by atoms with Gasteiger partial charge in [0.15, 0.2) is 29.1 Å². The molecule has 3 aromatic rings. The highest BCUT2D eigenvalue weighted by Gasteiger charge is 2.08. The lowest BCUT2D eigenvalue weighted by Crippen LogP contribution is -2.38. The number of benzene rings is 1. The van der Waals surface area contributed by atoms with Gasteiger partial charge in [-0.1, -0.05) is 18.2 Å². The maximum atomic E-state index is 13.6. The third-order valence-electron chi connectivity index (χ3n) is 3.74. The van der Waals surface area contributed by atoms with Crippen LogP contribution in [0.1, 0.15) is 11.4 Å². The number of pyridine rings is 1. The fourth-order valence-electron chi connectivity index (χ4n) is 2.45. The van der Waals surface area contributed by atoms with Crippen LogP contribution in [0.2, 0.25) is 0 Å². The normalized spacial score (nSPS) is 11.3. The number of aliphatic imine (C=N–C) groups is 1. The van der Waals surface area contributed by atoms with Gasteiger partial charge in [-0.05, 0) is 30.2 Å². The van der Waals surface area contributed by atoms with Gasteiger partial charge >= 0.3 is 0 Å². The molecule has 0 aliphatic rings. The highest BCUT2D eigenvalue weighted by Crippen LogP contribution is 2.11. The summed E-state index contributed by atoms with van der Waals surface area (Å²) in [6.45, 7) is 0.847. The van der Waals surface area contributed by atoms with Gasteiger partial charge in [-0.2, -0.15) is 0 Å². The third-order valence-corrected chi connectivity index (χ3v) is 3.74. The molecule has 9 heteroatoms. The van der Waals surface area contributed by atoms with Gasteiger partial charge in [0, 0.05) is 19.8 Å². The minimum Gasteiger partial charge on any atom is -0.356 e. The molecule has 0 unspecified atom stereocenters. The smallest absolute Gasteiger partial charge is 0.191 e. The zero-order chi connectivity index (χ0) is 17.6. The summed E-state index contributed by atoms with van der Waals surface area (Å²) in [5.41, 5.74) is 1.09. The van der Waals surface area contributed by atoms with Crippen molar-refractivity contribution in [2.45, 2.75) is 13.0 Å². The molecule has 0 saturated carbocycles. The van der Waals surface area contributed by atoms with Gasteiger partial charge in [0.25, 0.3) is 0 Å². The summed E-state index contributed by atoms with van der Waals surface area (Å²) in [5.74, 6) is -0.347. The van der Waals surface area contributed by atoms with Crippen molar-refractivity contribution >= 4 is 35.6 Å². The van der Waals surface area contributed by atoms with Crippen LogP contribution in [0.15, 0.2) is 47.6 Å². The van der Waals surface area contributed by atoms with Gasteiger partial charge in [-0.15, -0.1) is 34.2 Å². The van der Waals surface area contributed by atoms with E-state index in [1.54, 1.807) is 13.1 Å². The highest BCUT2D eigenvalue weighted by molar-refractivity contribution is 14.0. The Hall–Kier alpha value is -2.30. The Balaban J connectivity index is 0.00000243. The van der Waals surface area contributed by atoms with Gasteiger partial charge in [0.1, 0.15) is 0 Å². The van der Waals surface area contributed by atoms with Crippen molar-refractivity contribution in [1.29, 1.82) is 0 Å². The Bertz CT molecular complexity index is 896. The molecule has 0 spiro atoms. The number of aromatic nitrogens is 3. The number of fused-ring (bicyclic) bond motifs is 1. The second-order valence-electron chi connectivity index (χ2n) is 5.36. The Morgan fingerprint density at radius 3 is 2.77 bits per heavy atom. The van der Waals surface area contributed by atoms with E-state index in [1.165, 1.54) is 6.07 Å². The second kappa shape index (κ2) is 9.41. The average molecular weight is 472 g/mol. The van der Waals surface area contributed by atoms with Crippen LogP contribution in [-0.2, 0) is 13.0 Å². The molecular formula is C17H19F2IN6. The van der Waals surface area contributed by atoms with Crippen LogP contribution in [-0.4, -0.2) is 34.2 Å². The predicted molar refractivity (Wildman–Crippen MR) is 107 cm³/mol. The van der Waals surface area contributed by atoms with E-state index >= 15 is 0 Å². The van der Waals surface area contributed by atoms with E-state index in [9.17, 15) is 8.78 Å². The fraction of sp³-hybridized carbons (Fsp3) is 0.235. The third kappa shape index (κ3) is 4.65. The first kappa shape index (κ1) is 20.0. The summed E-state index contributed by atoms with van der Waals surface area (Å²) in [7, 11) is 1.64. The first-order chi connectivity index (χ1) is 12.2. The topological polar surface area (TPSA) is 66.6 Å². The van der Waals surface area contributed by atoms with E-state index < -0.39 is 11.6 Å². The lowest BCUT2D eigenvalue weighted by atomic mass is 10.1. The van der Waals surface area contributed by atoms with Crippen molar-refractivity contribution in [3.8, 4) is 0 Å². The minimum absolute atomic E-state index is 0. The molecule has 3 rings (SSSR count). The Morgan fingerprint density at radius 2 is 1.96 bits per heavy atom. The van der Waals surface area contributed by atoms with E-state index in [4.69, 9.17) is 0 Å². The summed E-state index contributed by atoms with van der Waals surface area (Å²) in [4.78, 5) is 4.11. The summed E-state index contributed by atoms with van der Waals surface area (Å²) in [6.07, 6.45) is 2.23. The quantitative estimate of drug-likeness (QED) is 0.341. The molecule has 0 radical (unpaired) electrons. The number of hydrogen-bond donors (Lipinski definition) is 2. The Kier molecular flexibility index (Phi) is 7.25. The van der Waals surface area contributed by atoms with Crippen LogP contribution >= 0.6 is 24.0 Å². The molecule has 0 saturated heterocycles. The number of rotatable bonds is 5. The highest BCUT2D eigenvalue weighted by atomic mass is 127. The largest absolute Gasteiger partial charge is 0.356 e. The van der Waals surface area contributed by atoms with Crippen LogP contribution in [0.5, 0.6) is 0 Å². The number of guanidine groups is 1. The summed E-state index contributed by atoms with van der Waals surface area (Å²) in [5, 5.41) is 14.4. The summed E-state index contributed by atoms with van der Waals surface area (Å²) < 4.78 is 28.7. The molecule has 0 fully saturated rings. The molecule has 6 nitrogen and oxygen atoms in total. The van der Waals surface area contributed by atoms with Crippen LogP contribution in [0.3, 0.4) is 0 Å². The molecule has 0 bridgehead atoms. The van der Waals surface area contributed by atoms with Crippen LogP contribution < -0.4 is 10.6 Å². The first-order valence-corrected chi connectivity index (χ1v) is 7.85. The van der Waals surface area contributed by atoms with Crippen LogP contribution in [0, 0.1) is 11.6 Å². The molecule has 26 heavy (non-hydrogen) atoms. The summed E-state index contributed by atoms with van der Waals surface area (Å²) in [6, 6.07) is 9.84. The molecule has 2 heterocycles. The standard InChI is InChI=1S/C17H18F2N6.HI/c1-20-17(21-9-8-12-5-4-6-13(18)16(12)19)22-11-15-24-23-14-7-2-3-10-25(14)15;/h2-7,10H,8-9,11H2,1H3,(H2,20,21,22);1H. The van der Waals surface area contributed by atoms with Gasteiger partial charge < -0.3 is 10.6 Å². The molecule has 138 valence electrons. The van der Waals surface area contributed by atoms with Crippen molar-refractivity contribution in [2.75, 3.05) is 13.6 Å². The molecule has 0 aliphatic carbocycles. The summed E-state index contributed by atoms with van der Waals surface area (Å²) >= 11 is 0. The van der Waals surface area contributed by atoms with E-state index in [2.05, 4.69) is 25.8 Å². The van der Waals surface area contributed by atoms with Gasteiger partial charge in [0.2, 0.25) is 0 Å². The first-order valence-electron chi connectivity index (χ1n) is 7.85. The molecule has 2 aromatic heterocycles. The zero-order valence-electron chi connectivity index (χ0n) is 14.1. The number of nitrogens with zero attached hydrogens (tertiary/aromatic N) is 4. The van der Waals surface area contributed by atoms with E-state index in [0.717, 1.165) is 17.5 Å². The zero-order valence-corrected chi connectivity index (χ0v) is 16.4. The maximum absolute atomic E-state index is 13.6. The number of halogens is 3. The fourth-order valence-corrected chi connectivity index (χ4v) is 2.45. The average Bonchev–Trinajstić information content (AvgIpc) is 3.04. The lowest BCUT2D eigenvalue weighted by Gasteiger charge is -2.11.